The summed E-state index contributed by atoms with van der Waals surface area (Å²) in [6.07, 6.45) is 4.03. The number of aliphatic imine (C=N–C) groups is 1. The van der Waals surface area contributed by atoms with E-state index < -0.39 is 0 Å². The van der Waals surface area contributed by atoms with E-state index in [4.69, 9.17) is 4.74 Å². The zero-order valence-corrected chi connectivity index (χ0v) is 14.8. The van der Waals surface area contributed by atoms with Crippen LogP contribution in [0.25, 0.3) is 4.96 Å². The standard InChI is InChI=1S/C17H21N5OS/c1-12(14-6-4-5-7-15(14)23-3)20-16(18-2)19-10-13-11-22-8-9-24-17(22)21-13/h4-9,11-12H,10H2,1-3H3,(H2,18,19,20). The van der Waals surface area contributed by atoms with Gasteiger partial charge in [0.2, 0.25) is 0 Å². The number of nitrogens with zero attached hydrogens (tertiary/aromatic N) is 3. The molecule has 6 nitrogen and oxygen atoms in total. The fourth-order valence-corrected chi connectivity index (χ4v) is 3.26. The van der Waals surface area contributed by atoms with E-state index in [1.54, 1.807) is 25.5 Å². The number of thiazole rings is 1. The molecule has 1 unspecified atom stereocenters. The van der Waals surface area contributed by atoms with E-state index >= 15 is 0 Å². The van der Waals surface area contributed by atoms with Crippen molar-refractivity contribution in [2.45, 2.75) is 19.5 Å². The maximum atomic E-state index is 5.42. The highest BCUT2D eigenvalue weighted by atomic mass is 32.1. The Labute approximate surface area is 145 Å². The van der Waals surface area contributed by atoms with Crippen LogP contribution in [0.5, 0.6) is 5.75 Å². The zero-order chi connectivity index (χ0) is 16.9. The van der Waals surface area contributed by atoms with Crippen LogP contribution in [0.3, 0.4) is 0 Å². The van der Waals surface area contributed by atoms with E-state index in [1.807, 2.05) is 46.4 Å². The first-order valence-corrected chi connectivity index (χ1v) is 8.60. The van der Waals surface area contributed by atoms with Gasteiger partial charge in [0, 0.05) is 30.4 Å². The third-order valence-electron chi connectivity index (χ3n) is 3.76. The lowest BCUT2D eigenvalue weighted by Gasteiger charge is -2.19. The van der Waals surface area contributed by atoms with Gasteiger partial charge in [-0.1, -0.05) is 18.2 Å². The van der Waals surface area contributed by atoms with Crippen molar-refractivity contribution >= 4 is 22.3 Å². The van der Waals surface area contributed by atoms with Gasteiger partial charge in [0.1, 0.15) is 5.75 Å². The van der Waals surface area contributed by atoms with Gasteiger partial charge >= 0.3 is 0 Å². The number of imidazole rings is 1. The minimum atomic E-state index is 0.0674. The minimum absolute atomic E-state index is 0.0674. The van der Waals surface area contributed by atoms with Gasteiger partial charge < -0.3 is 15.4 Å². The Morgan fingerprint density at radius 3 is 3.00 bits per heavy atom. The van der Waals surface area contributed by atoms with Crippen LogP contribution < -0.4 is 15.4 Å². The summed E-state index contributed by atoms with van der Waals surface area (Å²) < 4.78 is 7.45. The van der Waals surface area contributed by atoms with Gasteiger partial charge in [-0.15, -0.1) is 11.3 Å². The van der Waals surface area contributed by atoms with Crippen LogP contribution >= 0.6 is 11.3 Å². The van der Waals surface area contributed by atoms with Gasteiger partial charge in [0.25, 0.3) is 0 Å². The molecule has 0 aliphatic heterocycles. The van der Waals surface area contributed by atoms with E-state index in [0.717, 1.165) is 27.9 Å². The molecule has 0 fully saturated rings. The Balaban J connectivity index is 1.63. The second-order valence-electron chi connectivity index (χ2n) is 5.36. The fraction of sp³-hybridized carbons (Fsp3) is 0.294. The summed E-state index contributed by atoms with van der Waals surface area (Å²) in [4.78, 5) is 9.84. The van der Waals surface area contributed by atoms with E-state index in [-0.39, 0.29) is 6.04 Å². The topological polar surface area (TPSA) is 63.0 Å². The quantitative estimate of drug-likeness (QED) is 0.552. The highest BCUT2D eigenvalue weighted by Crippen LogP contribution is 2.24. The molecule has 0 aliphatic carbocycles. The van der Waals surface area contributed by atoms with Crippen molar-refractivity contribution in [1.82, 2.24) is 20.0 Å². The van der Waals surface area contributed by atoms with Gasteiger partial charge in [0.15, 0.2) is 10.9 Å². The molecule has 1 atom stereocenters. The molecule has 0 amide bonds. The third kappa shape index (κ3) is 3.51. The molecule has 2 N–H and O–H groups in total. The van der Waals surface area contributed by atoms with Crippen LogP contribution in [0.1, 0.15) is 24.2 Å². The number of para-hydroxylation sites is 1. The molecule has 0 saturated heterocycles. The first-order valence-electron chi connectivity index (χ1n) is 7.72. The molecule has 24 heavy (non-hydrogen) atoms. The molecule has 2 aromatic heterocycles. The van der Waals surface area contributed by atoms with Gasteiger partial charge in [0.05, 0.1) is 25.4 Å². The number of benzene rings is 1. The van der Waals surface area contributed by atoms with Crippen LogP contribution in [-0.2, 0) is 6.54 Å². The molecule has 7 heteroatoms. The van der Waals surface area contributed by atoms with E-state index in [9.17, 15) is 0 Å². The SMILES string of the molecule is CN=C(NCc1cn2ccsc2n1)NC(C)c1ccccc1OC. The normalized spacial score (nSPS) is 13.0. The van der Waals surface area contributed by atoms with E-state index in [1.165, 1.54) is 0 Å². The molecule has 3 rings (SSSR count). The lowest BCUT2D eigenvalue weighted by molar-refractivity contribution is 0.405. The van der Waals surface area contributed by atoms with Crippen molar-refractivity contribution in [2.75, 3.05) is 14.2 Å². The number of rotatable bonds is 5. The van der Waals surface area contributed by atoms with Gasteiger partial charge in [-0.3, -0.25) is 9.39 Å². The Morgan fingerprint density at radius 1 is 1.42 bits per heavy atom. The molecule has 0 bridgehead atoms. The summed E-state index contributed by atoms with van der Waals surface area (Å²) in [6.45, 7) is 2.70. The van der Waals surface area contributed by atoms with Crippen LogP contribution in [0.15, 0.2) is 47.0 Å². The molecular formula is C17H21N5OS. The summed E-state index contributed by atoms with van der Waals surface area (Å²) >= 11 is 1.62. The number of methoxy groups -OCH3 is 1. The summed E-state index contributed by atoms with van der Waals surface area (Å²) in [6, 6.07) is 8.05. The van der Waals surface area contributed by atoms with Gasteiger partial charge in [-0.25, -0.2) is 4.98 Å². The third-order valence-corrected chi connectivity index (χ3v) is 4.53. The number of hydrogen-bond donors (Lipinski definition) is 2. The van der Waals surface area contributed by atoms with Crippen molar-refractivity contribution in [3.8, 4) is 5.75 Å². The minimum Gasteiger partial charge on any atom is -0.496 e. The molecule has 2 heterocycles. The second-order valence-corrected chi connectivity index (χ2v) is 6.23. The van der Waals surface area contributed by atoms with Crippen LogP contribution in [0, 0.1) is 0 Å². The number of ether oxygens (including phenoxy) is 1. The Hall–Kier alpha value is -2.54. The van der Waals surface area contributed by atoms with E-state index in [2.05, 4.69) is 27.5 Å². The molecule has 126 valence electrons. The Kier molecular flexibility index (Phi) is 5.00. The Morgan fingerprint density at radius 2 is 2.25 bits per heavy atom. The van der Waals surface area contributed by atoms with Crippen LogP contribution in [0.2, 0.25) is 0 Å². The first kappa shape index (κ1) is 16.3. The van der Waals surface area contributed by atoms with Crippen LogP contribution in [0.4, 0.5) is 0 Å². The molecule has 0 saturated carbocycles. The van der Waals surface area contributed by atoms with Crippen molar-refractivity contribution < 1.29 is 4.74 Å². The monoisotopic (exact) mass is 343 g/mol. The lowest BCUT2D eigenvalue weighted by atomic mass is 10.1. The predicted molar refractivity (Wildman–Crippen MR) is 97.8 cm³/mol. The number of fused-ring (bicyclic) bond motifs is 1. The largest absolute Gasteiger partial charge is 0.496 e. The van der Waals surface area contributed by atoms with Crippen LogP contribution in [-0.4, -0.2) is 29.5 Å². The van der Waals surface area contributed by atoms with Crippen molar-refractivity contribution in [1.29, 1.82) is 0 Å². The fourth-order valence-electron chi connectivity index (χ4n) is 2.54. The second kappa shape index (κ2) is 7.35. The highest BCUT2D eigenvalue weighted by Gasteiger charge is 2.12. The molecular weight excluding hydrogens is 322 g/mol. The first-order chi connectivity index (χ1) is 11.7. The summed E-state index contributed by atoms with van der Waals surface area (Å²) in [5, 5.41) is 8.71. The molecule has 1 aromatic carbocycles. The summed E-state index contributed by atoms with van der Waals surface area (Å²) in [7, 11) is 3.44. The van der Waals surface area contributed by atoms with E-state index in [0.29, 0.717) is 6.54 Å². The molecule has 3 aromatic rings. The average molecular weight is 343 g/mol. The Bertz CT molecular complexity index is 810. The van der Waals surface area contributed by atoms with Gasteiger partial charge in [-0.2, -0.15) is 0 Å². The summed E-state index contributed by atoms with van der Waals surface area (Å²) in [5.41, 5.74) is 2.07. The summed E-state index contributed by atoms with van der Waals surface area (Å²) in [5.74, 6) is 1.59. The van der Waals surface area contributed by atoms with Crippen molar-refractivity contribution in [2.24, 2.45) is 4.99 Å². The average Bonchev–Trinajstić information content (AvgIpc) is 3.19. The lowest BCUT2D eigenvalue weighted by Crippen LogP contribution is -2.38. The highest BCUT2D eigenvalue weighted by molar-refractivity contribution is 7.15. The maximum absolute atomic E-state index is 5.42. The maximum Gasteiger partial charge on any atom is 0.193 e. The van der Waals surface area contributed by atoms with Crippen molar-refractivity contribution in [3.05, 3.63) is 53.3 Å². The molecule has 0 radical (unpaired) electrons. The predicted octanol–water partition coefficient (Wildman–Crippen LogP) is 2.83. The van der Waals surface area contributed by atoms with Gasteiger partial charge in [-0.05, 0) is 13.0 Å². The van der Waals surface area contributed by atoms with Crippen molar-refractivity contribution in [3.63, 3.8) is 0 Å². The molecule has 0 aliphatic rings. The number of aromatic nitrogens is 2. The number of hydrogen-bond acceptors (Lipinski definition) is 4. The molecule has 0 spiro atoms. The number of nitrogens with one attached hydrogen (secondary N) is 2. The number of guanidine groups is 1. The zero-order valence-electron chi connectivity index (χ0n) is 14.0. The smallest absolute Gasteiger partial charge is 0.193 e.